The first-order chi connectivity index (χ1) is 9.60. The number of benzene rings is 2. The van der Waals surface area contributed by atoms with Gasteiger partial charge in [0, 0.05) is 16.9 Å². The Hall–Kier alpha value is -0.710. The van der Waals surface area contributed by atoms with Gasteiger partial charge in [-0.15, -0.1) is 0 Å². The van der Waals surface area contributed by atoms with Crippen molar-refractivity contribution in [3.8, 4) is 0 Å². The van der Waals surface area contributed by atoms with Crippen molar-refractivity contribution in [1.82, 2.24) is 5.32 Å². The fourth-order valence-electron chi connectivity index (χ4n) is 2.24. The summed E-state index contributed by atoms with van der Waals surface area (Å²) >= 11 is 6.70. The third-order valence-corrected chi connectivity index (χ3v) is 4.39. The third kappa shape index (κ3) is 4.14. The van der Waals surface area contributed by atoms with E-state index in [9.17, 15) is 4.39 Å². The smallest absolute Gasteiger partial charge is 0.137 e. The lowest BCUT2D eigenvalue weighted by Gasteiger charge is -2.17. The van der Waals surface area contributed by atoms with Gasteiger partial charge in [0.2, 0.25) is 0 Å². The molecule has 0 bridgehead atoms. The highest BCUT2D eigenvalue weighted by Gasteiger charge is 2.12. The van der Waals surface area contributed by atoms with E-state index in [1.54, 1.807) is 0 Å². The molecule has 20 heavy (non-hydrogen) atoms. The van der Waals surface area contributed by atoms with Crippen LogP contribution in [0.4, 0.5) is 4.39 Å². The van der Waals surface area contributed by atoms with Gasteiger partial charge in [-0.1, -0.05) is 34.1 Å². The number of likely N-dealkylation sites (N-methyl/N-ethyl adjacent to an activating group) is 1. The van der Waals surface area contributed by atoms with Gasteiger partial charge in [-0.25, -0.2) is 4.39 Å². The number of halogens is 3. The second-order valence-electron chi connectivity index (χ2n) is 4.76. The van der Waals surface area contributed by atoms with E-state index < -0.39 is 0 Å². The van der Waals surface area contributed by atoms with Crippen LogP contribution in [0.3, 0.4) is 0 Å². The van der Waals surface area contributed by atoms with Gasteiger partial charge in [-0.05, 0) is 64.8 Å². The van der Waals surface area contributed by atoms with Gasteiger partial charge < -0.3 is 5.32 Å². The Morgan fingerprint density at radius 2 is 1.80 bits per heavy atom. The van der Waals surface area contributed by atoms with Crippen LogP contribution in [0.25, 0.3) is 0 Å². The normalized spacial score (nSPS) is 12.4. The van der Waals surface area contributed by atoms with Gasteiger partial charge in [0.05, 0.1) is 4.47 Å². The zero-order valence-electron chi connectivity index (χ0n) is 11.2. The summed E-state index contributed by atoms with van der Waals surface area (Å²) in [4.78, 5) is 0. The van der Waals surface area contributed by atoms with Crippen LogP contribution in [0.5, 0.6) is 0 Å². The first kappa shape index (κ1) is 15.7. The second kappa shape index (κ2) is 7.34. The summed E-state index contributed by atoms with van der Waals surface area (Å²) in [5.41, 5.74) is 2.41. The Labute approximate surface area is 135 Å². The molecule has 2 aromatic carbocycles. The zero-order valence-corrected chi connectivity index (χ0v) is 14.3. The van der Waals surface area contributed by atoms with Crippen LogP contribution in [0, 0.1) is 5.82 Å². The molecule has 0 aliphatic carbocycles. The van der Waals surface area contributed by atoms with Crippen LogP contribution in [0.1, 0.15) is 17.0 Å². The highest BCUT2D eigenvalue weighted by molar-refractivity contribution is 9.10. The Bertz CT molecular complexity index is 569. The molecule has 0 aromatic heterocycles. The van der Waals surface area contributed by atoms with Gasteiger partial charge in [0.1, 0.15) is 5.82 Å². The molecular formula is C16H16Br2FN. The van der Waals surface area contributed by atoms with Crippen LogP contribution in [0.15, 0.2) is 51.4 Å². The van der Waals surface area contributed by atoms with E-state index in [2.05, 4.69) is 61.4 Å². The highest BCUT2D eigenvalue weighted by atomic mass is 79.9. The maximum absolute atomic E-state index is 13.3. The highest BCUT2D eigenvalue weighted by Crippen LogP contribution is 2.25. The summed E-state index contributed by atoms with van der Waals surface area (Å²) < 4.78 is 14.9. The van der Waals surface area contributed by atoms with Crippen LogP contribution < -0.4 is 5.32 Å². The Morgan fingerprint density at radius 1 is 1.10 bits per heavy atom. The molecule has 0 heterocycles. The van der Waals surface area contributed by atoms with E-state index >= 15 is 0 Å². The molecule has 4 heteroatoms. The molecule has 0 saturated heterocycles. The molecule has 106 valence electrons. The first-order valence-corrected chi connectivity index (χ1v) is 8.02. The lowest BCUT2D eigenvalue weighted by atomic mass is 9.92. The van der Waals surface area contributed by atoms with E-state index in [1.807, 2.05) is 19.2 Å². The summed E-state index contributed by atoms with van der Waals surface area (Å²) in [6.07, 6.45) is 0.876. The average molecular weight is 401 g/mol. The zero-order chi connectivity index (χ0) is 14.5. The molecule has 0 radical (unpaired) electrons. The Kier molecular flexibility index (Phi) is 5.75. The van der Waals surface area contributed by atoms with Crippen LogP contribution in [-0.2, 0) is 6.42 Å². The maximum atomic E-state index is 13.3. The topological polar surface area (TPSA) is 12.0 Å². The summed E-state index contributed by atoms with van der Waals surface area (Å²) in [6, 6.07) is 13.6. The fraction of sp³-hybridized carbons (Fsp3) is 0.250. The van der Waals surface area contributed by atoms with Gasteiger partial charge in [-0.2, -0.15) is 0 Å². The van der Waals surface area contributed by atoms with Gasteiger partial charge in [0.25, 0.3) is 0 Å². The van der Waals surface area contributed by atoms with E-state index in [4.69, 9.17) is 0 Å². The quantitative estimate of drug-likeness (QED) is 0.752. The summed E-state index contributed by atoms with van der Waals surface area (Å²) in [7, 11) is 1.95. The lowest BCUT2D eigenvalue weighted by Crippen LogP contribution is -2.19. The molecule has 0 spiro atoms. The van der Waals surface area contributed by atoms with Crippen LogP contribution in [0.2, 0.25) is 0 Å². The first-order valence-electron chi connectivity index (χ1n) is 6.44. The fourth-order valence-corrected chi connectivity index (χ4v) is 2.93. The van der Waals surface area contributed by atoms with E-state index in [1.165, 1.54) is 11.6 Å². The molecule has 1 unspecified atom stereocenters. The minimum absolute atomic E-state index is 0.220. The second-order valence-corrected chi connectivity index (χ2v) is 6.53. The largest absolute Gasteiger partial charge is 0.319 e. The van der Waals surface area contributed by atoms with E-state index in [-0.39, 0.29) is 5.82 Å². The van der Waals surface area contributed by atoms with Crippen LogP contribution in [-0.4, -0.2) is 13.6 Å². The molecular weight excluding hydrogens is 385 g/mol. The van der Waals surface area contributed by atoms with E-state index in [0.717, 1.165) is 23.0 Å². The molecule has 2 rings (SSSR count). The third-order valence-electron chi connectivity index (χ3n) is 3.26. The van der Waals surface area contributed by atoms with Crippen molar-refractivity contribution in [2.24, 2.45) is 0 Å². The van der Waals surface area contributed by atoms with Crippen molar-refractivity contribution < 1.29 is 4.39 Å². The predicted molar refractivity (Wildman–Crippen MR) is 88.6 cm³/mol. The average Bonchev–Trinajstić information content (AvgIpc) is 2.43. The standard InChI is InChI=1S/C16H16Br2FN/c1-20-10-13(12-3-5-14(17)6-4-12)8-11-2-7-16(19)15(18)9-11/h2-7,9,13,20H,8,10H2,1H3. The van der Waals surface area contributed by atoms with Crippen molar-refractivity contribution >= 4 is 31.9 Å². The number of rotatable bonds is 5. The number of hydrogen-bond acceptors (Lipinski definition) is 1. The number of nitrogens with one attached hydrogen (secondary N) is 1. The Balaban J connectivity index is 2.20. The minimum atomic E-state index is -0.220. The van der Waals surface area contributed by atoms with Gasteiger partial charge in [0.15, 0.2) is 0 Å². The SMILES string of the molecule is CNCC(Cc1ccc(F)c(Br)c1)c1ccc(Br)cc1. The molecule has 0 saturated carbocycles. The van der Waals surface area contributed by atoms with E-state index in [0.29, 0.717) is 10.4 Å². The maximum Gasteiger partial charge on any atom is 0.137 e. The van der Waals surface area contributed by atoms with Crippen molar-refractivity contribution in [2.45, 2.75) is 12.3 Å². The lowest BCUT2D eigenvalue weighted by molar-refractivity contribution is 0.611. The molecule has 1 N–H and O–H groups in total. The van der Waals surface area contributed by atoms with Crippen molar-refractivity contribution in [3.05, 3.63) is 68.4 Å². The molecule has 1 atom stereocenters. The summed E-state index contributed by atoms with van der Waals surface area (Å²) in [5.74, 6) is 0.146. The molecule has 0 fully saturated rings. The van der Waals surface area contributed by atoms with Crippen molar-refractivity contribution in [3.63, 3.8) is 0 Å². The van der Waals surface area contributed by atoms with Crippen molar-refractivity contribution in [2.75, 3.05) is 13.6 Å². The van der Waals surface area contributed by atoms with Crippen molar-refractivity contribution in [1.29, 1.82) is 0 Å². The van der Waals surface area contributed by atoms with Gasteiger partial charge in [-0.3, -0.25) is 0 Å². The molecule has 2 aromatic rings. The summed E-state index contributed by atoms with van der Waals surface area (Å²) in [5, 5.41) is 3.23. The number of hydrogen-bond donors (Lipinski definition) is 1. The molecule has 0 aliphatic heterocycles. The Morgan fingerprint density at radius 3 is 2.40 bits per heavy atom. The molecule has 1 nitrogen and oxygen atoms in total. The minimum Gasteiger partial charge on any atom is -0.319 e. The monoisotopic (exact) mass is 399 g/mol. The molecule has 0 amide bonds. The predicted octanol–water partition coefficient (Wildman–Crippen LogP) is 4.90. The van der Waals surface area contributed by atoms with Crippen LogP contribution >= 0.6 is 31.9 Å². The molecule has 0 aliphatic rings. The summed E-state index contributed by atoms with van der Waals surface area (Å²) in [6.45, 7) is 0.886. The van der Waals surface area contributed by atoms with Gasteiger partial charge >= 0.3 is 0 Å².